The van der Waals surface area contributed by atoms with Gasteiger partial charge in [-0.15, -0.1) is 0 Å². The minimum absolute atomic E-state index is 0.0488. The molecule has 7 heteroatoms. The summed E-state index contributed by atoms with van der Waals surface area (Å²) < 4.78 is 26.2. The molecule has 0 aliphatic heterocycles. The highest BCUT2D eigenvalue weighted by atomic mass is 32.2. The van der Waals surface area contributed by atoms with Crippen LogP contribution in [-0.2, 0) is 14.8 Å². The molecule has 1 aromatic rings. The van der Waals surface area contributed by atoms with Gasteiger partial charge in [-0.1, -0.05) is 0 Å². The Morgan fingerprint density at radius 3 is 2.37 bits per heavy atom. The highest BCUT2D eigenvalue weighted by Gasteiger charge is 2.12. The molecular weight excluding hydrogens is 268 g/mol. The molecule has 3 N–H and O–H groups in total. The second kappa shape index (κ2) is 7.22. The summed E-state index contributed by atoms with van der Waals surface area (Å²) in [7, 11) is -3.53. The van der Waals surface area contributed by atoms with E-state index >= 15 is 0 Å². The SMILES string of the molecule is CC(=O)Nc1ccc(S(=O)(=O)NCCCCO)cc1. The Kier molecular flexibility index (Phi) is 5.94. The summed E-state index contributed by atoms with van der Waals surface area (Å²) >= 11 is 0. The van der Waals surface area contributed by atoms with Gasteiger partial charge in [0.2, 0.25) is 15.9 Å². The van der Waals surface area contributed by atoms with Gasteiger partial charge in [-0.2, -0.15) is 0 Å². The maximum Gasteiger partial charge on any atom is 0.240 e. The third-order valence-corrected chi connectivity index (χ3v) is 3.84. The zero-order valence-electron chi connectivity index (χ0n) is 10.7. The Hall–Kier alpha value is -1.44. The summed E-state index contributed by atoms with van der Waals surface area (Å²) in [5.74, 6) is -0.210. The summed E-state index contributed by atoms with van der Waals surface area (Å²) in [6.07, 6.45) is 1.14. The number of carbonyl (C=O) groups is 1. The molecule has 0 radical (unpaired) electrons. The average Bonchev–Trinajstić information content (AvgIpc) is 2.35. The van der Waals surface area contributed by atoms with Crippen LogP contribution in [0.25, 0.3) is 0 Å². The van der Waals surface area contributed by atoms with Crippen LogP contribution < -0.4 is 10.0 Å². The molecule has 19 heavy (non-hydrogen) atoms. The molecule has 0 aliphatic rings. The van der Waals surface area contributed by atoms with Crippen molar-refractivity contribution in [3.63, 3.8) is 0 Å². The molecule has 1 amide bonds. The van der Waals surface area contributed by atoms with Crippen LogP contribution in [0, 0.1) is 0 Å². The summed E-state index contributed by atoms with van der Waals surface area (Å²) in [6, 6.07) is 5.92. The highest BCUT2D eigenvalue weighted by molar-refractivity contribution is 7.89. The van der Waals surface area contributed by atoms with Crippen LogP contribution >= 0.6 is 0 Å². The summed E-state index contributed by atoms with van der Waals surface area (Å²) in [5, 5.41) is 11.2. The number of hydrogen-bond acceptors (Lipinski definition) is 4. The van der Waals surface area contributed by atoms with Crippen LogP contribution in [0.5, 0.6) is 0 Å². The van der Waals surface area contributed by atoms with E-state index in [1.807, 2.05) is 0 Å². The molecule has 0 saturated heterocycles. The largest absolute Gasteiger partial charge is 0.396 e. The number of amides is 1. The van der Waals surface area contributed by atoms with Gasteiger partial charge >= 0.3 is 0 Å². The second-order valence-electron chi connectivity index (χ2n) is 4.03. The lowest BCUT2D eigenvalue weighted by molar-refractivity contribution is -0.114. The first-order chi connectivity index (χ1) is 8.95. The molecule has 0 bridgehead atoms. The molecule has 0 aliphatic carbocycles. The maximum absolute atomic E-state index is 11.9. The molecular formula is C12H18N2O4S. The Morgan fingerprint density at radius 2 is 1.84 bits per heavy atom. The molecule has 0 spiro atoms. The lowest BCUT2D eigenvalue weighted by atomic mass is 10.3. The first-order valence-electron chi connectivity index (χ1n) is 5.94. The molecule has 0 fully saturated rings. The Bertz CT molecular complexity index is 511. The first-order valence-corrected chi connectivity index (χ1v) is 7.42. The number of rotatable bonds is 7. The molecule has 106 valence electrons. The normalized spacial score (nSPS) is 11.3. The van der Waals surface area contributed by atoms with Crippen molar-refractivity contribution < 1.29 is 18.3 Å². The van der Waals surface area contributed by atoms with Crippen molar-refractivity contribution in [2.24, 2.45) is 0 Å². The van der Waals surface area contributed by atoms with E-state index in [-0.39, 0.29) is 24.0 Å². The number of sulfonamides is 1. The van der Waals surface area contributed by atoms with Crippen LogP contribution in [0.1, 0.15) is 19.8 Å². The van der Waals surface area contributed by atoms with E-state index in [1.54, 1.807) is 0 Å². The standard InChI is InChI=1S/C12H18N2O4S/c1-10(16)14-11-4-6-12(7-5-11)19(17,18)13-8-2-3-9-15/h4-7,13,15H,2-3,8-9H2,1H3,(H,14,16). The minimum Gasteiger partial charge on any atom is -0.396 e. The number of hydrogen-bond donors (Lipinski definition) is 3. The third kappa shape index (κ3) is 5.37. The molecule has 1 aromatic carbocycles. The fourth-order valence-electron chi connectivity index (χ4n) is 1.45. The molecule has 0 aromatic heterocycles. The van der Waals surface area contributed by atoms with Crippen molar-refractivity contribution in [3.8, 4) is 0 Å². The minimum atomic E-state index is -3.53. The average molecular weight is 286 g/mol. The lowest BCUT2D eigenvalue weighted by Crippen LogP contribution is -2.24. The van der Waals surface area contributed by atoms with Crippen LogP contribution in [0.2, 0.25) is 0 Å². The van der Waals surface area contributed by atoms with Crippen molar-refractivity contribution in [2.45, 2.75) is 24.7 Å². The van der Waals surface area contributed by atoms with E-state index in [2.05, 4.69) is 10.0 Å². The van der Waals surface area contributed by atoms with Crippen molar-refractivity contribution >= 4 is 21.6 Å². The van der Waals surface area contributed by atoms with Gasteiger partial charge in [0.15, 0.2) is 0 Å². The lowest BCUT2D eigenvalue weighted by Gasteiger charge is -2.07. The Morgan fingerprint density at radius 1 is 1.21 bits per heavy atom. The first kappa shape index (κ1) is 15.6. The Balaban J connectivity index is 2.65. The zero-order valence-corrected chi connectivity index (χ0v) is 11.5. The quantitative estimate of drug-likeness (QED) is 0.643. The number of carbonyl (C=O) groups excluding carboxylic acids is 1. The smallest absolute Gasteiger partial charge is 0.240 e. The third-order valence-electron chi connectivity index (χ3n) is 2.36. The van der Waals surface area contributed by atoms with E-state index < -0.39 is 10.0 Å². The van der Waals surface area contributed by atoms with Crippen LogP contribution in [0.4, 0.5) is 5.69 Å². The molecule has 0 saturated carbocycles. The van der Waals surface area contributed by atoms with Crippen molar-refractivity contribution in [1.29, 1.82) is 0 Å². The monoisotopic (exact) mass is 286 g/mol. The van der Waals surface area contributed by atoms with Gasteiger partial charge in [0.25, 0.3) is 0 Å². The fourth-order valence-corrected chi connectivity index (χ4v) is 2.52. The van der Waals surface area contributed by atoms with E-state index in [1.165, 1.54) is 31.2 Å². The topological polar surface area (TPSA) is 95.5 Å². The number of nitrogens with one attached hydrogen (secondary N) is 2. The number of benzene rings is 1. The predicted octanol–water partition coefficient (Wildman–Crippen LogP) is 0.696. The summed E-state index contributed by atoms with van der Waals surface area (Å²) in [6.45, 7) is 1.72. The molecule has 0 heterocycles. The van der Waals surface area contributed by atoms with E-state index in [0.717, 1.165) is 0 Å². The predicted molar refractivity (Wildman–Crippen MR) is 72.3 cm³/mol. The zero-order chi connectivity index (χ0) is 14.3. The van der Waals surface area contributed by atoms with Gasteiger partial charge in [0, 0.05) is 25.8 Å². The van der Waals surface area contributed by atoms with Crippen LogP contribution in [0.3, 0.4) is 0 Å². The van der Waals surface area contributed by atoms with Gasteiger partial charge in [-0.3, -0.25) is 4.79 Å². The number of aliphatic hydroxyl groups excluding tert-OH is 1. The second-order valence-corrected chi connectivity index (χ2v) is 5.80. The fraction of sp³-hybridized carbons (Fsp3) is 0.417. The highest BCUT2D eigenvalue weighted by Crippen LogP contribution is 2.13. The Labute approximate surface area is 112 Å². The van der Waals surface area contributed by atoms with Crippen LogP contribution in [0.15, 0.2) is 29.2 Å². The molecule has 0 unspecified atom stereocenters. The number of anilines is 1. The molecule has 1 rings (SSSR count). The van der Waals surface area contributed by atoms with Gasteiger partial charge in [0.05, 0.1) is 4.90 Å². The van der Waals surface area contributed by atoms with Gasteiger partial charge in [-0.25, -0.2) is 13.1 Å². The molecule has 6 nitrogen and oxygen atoms in total. The van der Waals surface area contributed by atoms with E-state index in [0.29, 0.717) is 18.5 Å². The summed E-state index contributed by atoms with van der Waals surface area (Å²) in [4.78, 5) is 11.0. The number of aliphatic hydroxyl groups is 1. The maximum atomic E-state index is 11.9. The van der Waals surface area contributed by atoms with E-state index in [4.69, 9.17) is 5.11 Å². The van der Waals surface area contributed by atoms with Gasteiger partial charge < -0.3 is 10.4 Å². The number of unbranched alkanes of at least 4 members (excludes halogenated alkanes) is 1. The van der Waals surface area contributed by atoms with Crippen LogP contribution in [-0.4, -0.2) is 32.6 Å². The van der Waals surface area contributed by atoms with Gasteiger partial charge in [0.1, 0.15) is 0 Å². The van der Waals surface area contributed by atoms with Crippen molar-refractivity contribution in [2.75, 3.05) is 18.5 Å². The molecule has 0 atom stereocenters. The van der Waals surface area contributed by atoms with Crippen molar-refractivity contribution in [3.05, 3.63) is 24.3 Å². The van der Waals surface area contributed by atoms with Crippen molar-refractivity contribution in [1.82, 2.24) is 4.72 Å². The van der Waals surface area contributed by atoms with Gasteiger partial charge in [-0.05, 0) is 37.1 Å². The summed E-state index contributed by atoms with van der Waals surface area (Å²) in [5.41, 5.74) is 0.548. The van der Waals surface area contributed by atoms with E-state index in [9.17, 15) is 13.2 Å².